The van der Waals surface area contributed by atoms with E-state index < -0.39 is 0 Å². The van der Waals surface area contributed by atoms with E-state index in [9.17, 15) is 0 Å². The molecule has 0 aliphatic carbocycles. The Balaban J connectivity index is 1.61. The number of hydrogen-bond donors (Lipinski definition) is 0. The number of likely N-dealkylation sites (tertiary alicyclic amines) is 1. The summed E-state index contributed by atoms with van der Waals surface area (Å²) in [5.74, 6) is 2.47. The summed E-state index contributed by atoms with van der Waals surface area (Å²) >= 11 is 0. The highest BCUT2D eigenvalue weighted by molar-refractivity contribution is 5.88. The minimum absolute atomic E-state index is 0.720. The van der Waals surface area contributed by atoms with Crippen molar-refractivity contribution in [3.05, 3.63) is 65.7 Å². The molecule has 3 aromatic carbocycles. The van der Waals surface area contributed by atoms with Crippen molar-refractivity contribution in [1.29, 1.82) is 0 Å². The average Bonchev–Trinajstić information content (AvgIpc) is 3.28. The maximum absolute atomic E-state index is 6.28. The van der Waals surface area contributed by atoms with Gasteiger partial charge in [0.2, 0.25) is 0 Å². The molecule has 0 bridgehead atoms. The first-order valence-electron chi connectivity index (χ1n) is 10.3. The van der Waals surface area contributed by atoms with Gasteiger partial charge in [-0.15, -0.1) is 0 Å². The van der Waals surface area contributed by atoms with E-state index in [2.05, 4.69) is 53.4 Å². The van der Waals surface area contributed by atoms with Crippen LogP contribution in [0.3, 0.4) is 0 Å². The van der Waals surface area contributed by atoms with Gasteiger partial charge in [0, 0.05) is 18.5 Å². The zero-order valence-corrected chi connectivity index (χ0v) is 17.3. The van der Waals surface area contributed by atoms with Gasteiger partial charge in [-0.1, -0.05) is 36.4 Å². The Morgan fingerprint density at radius 3 is 2.38 bits per heavy atom. The van der Waals surface area contributed by atoms with Crippen LogP contribution in [0, 0.1) is 0 Å². The lowest BCUT2D eigenvalue weighted by Gasteiger charge is -2.18. The van der Waals surface area contributed by atoms with E-state index in [4.69, 9.17) is 14.2 Å². The minimum atomic E-state index is 0.720. The molecule has 1 aliphatic heterocycles. The molecular weight excluding hydrogens is 362 g/mol. The van der Waals surface area contributed by atoms with Crippen LogP contribution in [-0.2, 0) is 6.42 Å². The Kier molecular flexibility index (Phi) is 6.20. The predicted octanol–water partition coefficient (Wildman–Crippen LogP) is 4.92. The van der Waals surface area contributed by atoms with Gasteiger partial charge in [-0.3, -0.25) is 4.90 Å². The SMILES string of the molecule is COc1ccc(Cc2c(OCCN3CCCC3)ccc3ccccc23)cc1OC. The van der Waals surface area contributed by atoms with Crippen molar-refractivity contribution in [2.45, 2.75) is 19.3 Å². The van der Waals surface area contributed by atoms with Gasteiger partial charge in [-0.25, -0.2) is 0 Å². The first kappa shape index (κ1) is 19.6. The zero-order valence-electron chi connectivity index (χ0n) is 17.3. The Hall–Kier alpha value is -2.72. The number of methoxy groups -OCH3 is 2. The Bertz CT molecular complexity index is 963. The topological polar surface area (TPSA) is 30.9 Å². The summed E-state index contributed by atoms with van der Waals surface area (Å²) in [4.78, 5) is 2.48. The lowest BCUT2D eigenvalue weighted by molar-refractivity contribution is 0.237. The van der Waals surface area contributed by atoms with Gasteiger partial charge >= 0.3 is 0 Å². The van der Waals surface area contributed by atoms with Crippen LogP contribution in [0.4, 0.5) is 0 Å². The van der Waals surface area contributed by atoms with E-state index in [1.54, 1.807) is 14.2 Å². The summed E-state index contributed by atoms with van der Waals surface area (Å²) in [5, 5.41) is 2.47. The van der Waals surface area contributed by atoms with Crippen molar-refractivity contribution in [3.8, 4) is 17.2 Å². The van der Waals surface area contributed by atoms with Gasteiger partial charge in [0.1, 0.15) is 12.4 Å². The molecule has 0 radical (unpaired) electrons. The van der Waals surface area contributed by atoms with Crippen LogP contribution in [0.1, 0.15) is 24.0 Å². The lowest BCUT2D eigenvalue weighted by atomic mass is 9.97. The maximum atomic E-state index is 6.28. The second-order valence-corrected chi connectivity index (χ2v) is 7.53. The third kappa shape index (κ3) is 4.48. The van der Waals surface area contributed by atoms with Crippen LogP contribution >= 0.6 is 0 Å². The smallest absolute Gasteiger partial charge is 0.160 e. The van der Waals surface area contributed by atoms with Crippen molar-refractivity contribution < 1.29 is 14.2 Å². The number of benzene rings is 3. The minimum Gasteiger partial charge on any atom is -0.493 e. The van der Waals surface area contributed by atoms with Crippen molar-refractivity contribution in [3.63, 3.8) is 0 Å². The summed E-state index contributed by atoms with van der Waals surface area (Å²) in [5.41, 5.74) is 2.39. The largest absolute Gasteiger partial charge is 0.493 e. The van der Waals surface area contributed by atoms with Crippen LogP contribution in [0.2, 0.25) is 0 Å². The Morgan fingerprint density at radius 1 is 0.828 bits per heavy atom. The highest BCUT2D eigenvalue weighted by Gasteiger charge is 2.14. The van der Waals surface area contributed by atoms with E-state index in [-0.39, 0.29) is 0 Å². The maximum Gasteiger partial charge on any atom is 0.160 e. The van der Waals surface area contributed by atoms with Crippen molar-refractivity contribution in [1.82, 2.24) is 4.90 Å². The summed E-state index contributed by atoms with van der Waals surface area (Å²) in [6.45, 7) is 4.10. The van der Waals surface area contributed by atoms with Gasteiger partial charge < -0.3 is 14.2 Å². The molecule has 3 aromatic rings. The van der Waals surface area contributed by atoms with Crippen LogP contribution in [0.25, 0.3) is 10.8 Å². The molecule has 4 nitrogen and oxygen atoms in total. The predicted molar refractivity (Wildman–Crippen MR) is 117 cm³/mol. The van der Waals surface area contributed by atoms with E-state index in [1.165, 1.54) is 47.8 Å². The lowest BCUT2D eigenvalue weighted by Crippen LogP contribution is -2.25. The van der Waals surface area contributed by atoms with E-state index in [0.29, 0.717) is 0 Å². The molecule has 0 unspecified atom stereocenters. The second-order valence-electron chi connectivity index (χ2n) is 7.53. The molecule has 4 rings (SSSR count). The van der Waals surface area contributed by atoms with Crippen molar-refractivity contribution in [2.24, 2.45) is 0 Å². The van der Waals surface area contributed by atoms with Crippen molar-refractivity contribution in [2.75, 3.05) is 40.5 Å². The van der Waals surface area contributed by atoms with Gasteiger partial charge in [0.05, 0.1) is 14.2 Å². The van der Waals surface area contributed by atoms with Gasteiger partial charge in [0.25, 0.3) is 0 Å². The fourth-order valence-corrected chi connectivity index (χ4v) is 4.12. The summed E-state index contributed by atoms with van der Waals surface area (Å²) < 4.78 is 17.2. The number of rotatable bonds is 8. The van der Waals surface area contributed by atoms with Crippen LogP contribution in [-0.4, -0.2) is 45.4 Å². The molecule has 1 heterocycles. The molecule has 0 saturated carbocycles. The second kappa shape index (κ2) is 9.19. The molecule has 0 atom stereocenters. The van der Waals surface area contributed by atoms with Crippen LogP contribution < -0.4 is 14.2 Å². The summed E-state index contributed by atoms with van der Waals surface area (Å²) in [6.07, 6.45) is 3.39. The molecule has 0 spiro atoms. The molecule has 0 N–H and O–H groups in total. The van der Waals surface area contributed by atoms with Gasteiger partial charge in [0.15, 0.2) is 11.5 Å². The quantitative estimate of drug-likeness (QED) is 0.545. The first-order chi connectivity index (χ1) is 14.3. The molecule has 152 valence electrons. The van der Waals surface area contributed by atoms with Crippen LogP contribution in [0.5, 0.6) is 17.2 Å². The van der Waals surface area contributed by atoms with Gasteiger partial charge in [-0.05, 0) is 60.5 Å². The fraction of sp³-hybridized carbons (Fsp3) is 0.360. The number of nitrogens with zero attached hydrogens (tertiary/aromatic N) is 1. The van der Waals surface area contributed by atoms with Crippen LogP contribution in [0.15, 0.2) is 54.6 Å². The third-order valence-electron chi connectivity index (χ3n) is 5.69. The number of ether oxygens (including phenoxy) is 3. The summed E-state index contributed by atoms with van der Waals surface area (Å²) in [7, 11) is 3.33. The molecule has 0 amide bonds. The highest BCUT2D eigenvalue weighted by Crippen LogP contribution is 2.33. The molecule has 1 aliphatic rings. The molecule has 29 heavy (non-hydrogen) atoms. The van der Waals surface area contributed by atoms with Gasteiger partial charge in [-0.2, -0.15) is 0 Å². The molecule has 1 saturated heterocycles. The van der Waals surface area contributed by atoms with E-state index in [1.807, 2.05) is 6.07 Å². The molecular formula is C25H29NO3. The molecule has 1 fully saturated rings. The zero-order chi connectivity index (χ0) is 20.1. The summed E-state index contributed by atoms with van der Waals surface area (Å²) in [6, 6.07) is 18.9. The Morgan fingerprint density at radius 2 is 1.59 bits per heavy atom. The average molecular weight is 392 g/mol. The monoisotopic (exact) mass is 391 g/mol. The normalized spacial score (nSPS) is 14.3. The number of fused-ring (bicyclic) bond motifs is 1. The highest BCUT2D eigenvalue weighted by atomic mass is 16.5. The van der Waals surface area contributed by atoms with E-state index >= 15 is 0 Å². The molecule has 0 aromatic heterocycles. The standard InChI is InChI=1S/C25H29NO3/c1-27-24-11-9-19(18-25(24)28-2)17-22-21-8-4-3-7-20(21)10-12-23(22)29-16-15-26-13-5-6-14-26/h3-4,7-12,18H,5-6,13-17H2,1-2H3. The van der Waals surface area contributed by atoms with Crippen molar-refractivity contribution >= 4 is 10.8 Å². The Labute approximate surface area is 173 Å². The third-order valence-corrected chi connectivity index (χ3v) is 5.69. The number of hydrogen-bond acceptors (Lipinski definition) is 4. The first-order valence-corrected chi connectivity index (χ1v) is 10.3. The van der Waals surface area contributed by atoms with E-state index in [0.717, 1.165) is 36.8 Å². The fourth-order valence-electron chi connectivity index (χ4n) is 4.12. The molecule has 4 heteroatoms.